The van der Waals surface area contributed by atoms with Crippen molar-refractivity contribution in [2.75, 3.05) is 7.11 Å². The minimum Gasteiger partial charge on any atom is -0.497 e. The first-order valence-electron chi connectivity index (χ1n) is 7.24. The second-order valence-electron chi connectivity index (χ2n) is 5.23. The number of benzene rings is 1. The van der Waals surface area contributed by atoms with Gasteiger partial charge in [0.05, 0.1) is 19.2 Å². The third-order valence-electron chi connectivity index (χ3n) is 3.50. The number of alkyl halides is 3. The Morgan fingerprint density at radius 1 is 1.37 bits per heavy atom. The molecule has 0 amide bonds. The number of ketones is 1. The molecule has 0 radical (unpaired) electrons. The zero-order valence-corrected chi connectivity index (χ0v) is 14.6. The molecule has 0 aliphatic carbocycles. The maximum absolute atomic E-state index is 13.8. The van der Waals surface area contributed by atoms with Crippen LogP contribution in [0.4, 0.5) is 17.6 Å². The van der Waals surface area contributed by atoms with Gasteiger partial charge in [0, 0.05) is 0 Å². The Hall–Kier alpha value is -2.88. The standard InChI is InChI=1S/C16H13ClF4N4O2/c1-8(18)11-12(13(26)15(17)23-22)25(24-14(11)16(19,20)21)7-9-3-5-10(27-2)6-4-9/h3-6H,1,7,22H2,2H3/b23-15+. The molecular weight excluding hydrogens is 392 g/mol. The quantitative estimate of drug-likeness (QED) is 0.262. The van der Waals surface area contributed by atoms with Crippen molar-refractivity contribution in [1.82, 2.24) is 9.78 Å². The number of Topliss-reactive ketones (excluding diaryl/α,β-unsaturated/α-hetero) is 1. The van der Waals surface area contributed by atoms with E-state index in [4.69, 9.17) is 22.2 Å². The van der Waals surface area contributed by atoms with Crippen molar-refractivity contribution in [3.63, 3.8) is 0 Å². The zero-order chi connectivity index (χ0) is 20.4. The molecule has 6 nitrogen and oxygen atoms in total. The Morgan fingerprint density at radius 2 is 1.96 bits per heavy atom. The van der Waals surface area contributed by atoms with Crippen molar-refractivity contribution < 1.29 is 27.1 Å². The van der Waals surface area contributed by atoms with Gasteiger partial charge in [-0.25, -0.2) is 4.39 Å². The lowest BCUT2D eigenvalue weighted by Crippen LogP contribution is -2.18. The van der Waals surface area contributed by atoms with E-state index in [1.807, 2.05) is 0 Å². The third-order valence-corrected chi connectivity index (χ3v) is 3.77. The first kappa shape index (κ1) is 20.4. The first-order valence-corrected chi connectivity index (χ1v) is 7.61. The predicted molar refractivity (Wildman–Crippen MR) is 91.3 cm³/mol. The SMILES string of the molecule is C=C(F)c1c(C(F)(F)F)nn(Cc2ccc(OC)cc2)c1C(=O)/C(Cl)=N\N. The van der Waals surface area contributed by atoms with E-state index in [1.165, 1.54) is 7.11 Å². The highest BCUT2D eigenvalue weighted by Gasteiger charge is 2.42. The summed E-state index contributed by atoms with van der Waals surface area (Å²) in [4.78, 5) is 12.4. The number of rotatable bonds is 6. The first-order chi connectivity index (χ1) is 12.6. The average molecular weight is 405 g/mol. The van der Waals surface area contributed by atoms with Crippen molar-refractivity contribution in [2.24, 2.45) is 10.9 Å². The van der Waals surface area contributed by atoms with Crippen molar-refractivity contribution in [2.45, 2.75) is 12.7 Å². The van der Waals surface area contributed by atoms with Gasteiger partial charge >= 0.3 is 6.18 Å². The number of carbonyl (C=O) groups excluding carboxylic acids is 1. The van der Waals surface area contributed by atoms with Crippen molar-refractivity contribution in [1.29, 1.82) is 0 Å². The van der Waals surface area contributed by atoms with E-state index in [1.54, 1.807) is 24.3 Å². The molecule has 2 aromatic rings. The summed E-state index contributed by atoms with van der Waals surface area (Å²) in [5.74, 6) is 2.72. The summed E-state index contributed by atoms with van der Waals surface area (Å²) < 4.78 is 59.4. The summed E-state index contributed by atoms with van der Waals surface area (Å²) in [7, 11) is 1.45. The fourth-order valence-corrected chi connectivity index (χ4v) is 2.41. The van der Waals surface area contributed by atoms with Gasteiger partial charge in [-0.3, -0.25) is 9.48 Å². The average Bonchev–Trinajstić information content (AvgIpc) is 3.00. The van der Waals surface area contributed by atoms with Crippen molar-refractivity contribution in [3.05, 3.63) is 53.4 Å². The molecular formula is C16H13ClF4N4O2. The molecule has 1 aromatic heterocycles. The van der Waals surface area contributed by atoms with Gasteiger partial charge in [0.2, 0.25) is 5.78 Å². The van der Waals surface area contributed by atoms with Crippen LogP contribution in [0.15, 0.2) is 35.9 Å². The Balaban J connectivity index is 2.67. The largest absolute Gasteiger partial charge is 0.497 e. The number of halogens is 5. The van der Waals surface area contributed by atoms with Crippen LogP contribution in [-0.2, 0) is 12.7 Å². The van der Waals surface area contributed by atoms with Gasteiger partial charge < -0.3 is 10.6 Å². The molecule has 0 aliphatic heterocycles. The highest BCUT2D eigenvalue weighted by Crippen LogP contribution is 2.37. The maximum atomic E-state index is 13.8. The second kappa shape index (κ2) is 7.78. The number of hydrogen-bond donors (Lipinski definition) is 1. The molecule has 0 unspecified atom stereocenters. The van der Waals surface area contributed by atoms with Gasteiger partial charge in [0.25, 0.3) is 0 Å². The molecule has 144 valence electrons. The lowest BCUT2D eigenvalue weighted by Gasteiger charge is -2.08. The van der Waals surface area contributed by atoms with Crippen LogP contribution in [0.3, 0.4) is 0 Å². The second-order valence-corrected chi connectivity index (χ2v) is 5.59. The van der Waals surface area contributed by atoms with E-state index in [9.17, 15) is 22.4 Å². The van der Waals surface area contributed by atoms with Crippen LogP contribution in [0.5, 0.6) is 5.75 Å². The fourth-order valence-electron chi connectivity index (χ4n) is 2.32. The molecule has 2 N–H and O–H groups in total. The molecule has 0 saturated carbocycles. The summed E-state index contributed by atoms with van der Waals surface area (Å²) in [6, 6.07) is 6.22. The molecule has 11 heteroatoms. The van der Waals surface area contributed by atoms with E-state index < -0.39 is 39.9 Å². The topological polar surface area (TPSA) is 82.5 Å². The Labute approximate surface area is 155 Å². The van der Waals surface area contributed by atoms with Crippen LogP contribution < -0.4 is 10.6 Å². The summed E-state index contributed by atoms with van der Waals surface area (Å²) in [5, 5.41) is 5.48. The van der Waals surface area contributed by atoms with Crippen LogP contribution in [-0.4, -0.2) is 27.8 Å². The minimum atomic E-state index is -5.03. The van der Waals surface area contributed by atoms with Crippen molar-refractivity contribution in [3.8, 4) is 5.75 Å². The van der Waals surface area contributed by atoms with E-state index in [0.29, 0.717) is 16.0 Å². The Morgan fingerprint density at radius 3 is 2.41 bits per heavy atom. The van der Waals surface area contributed by atoms with E-state index in [2.05, 4.69) is 16.8 Å². The maximum Gasteiger partial charge on any atom is 0.435 e. The van der Waals surface area contributed by atoms with E-state index in [-0.39, 0.29) is 6.54 Å². The molecule has 27 heavy (non-hydrogen) atoms. The zero-order valence-electron chi connectivity index (χ0n) is 13.8. The summed E-state index contributed by atoms with van der Waals surface area (Å²) >= 11 is 5.55. The molecule has 0 bridgehead atoms. The molecule has 1 heterocycles. The highest BCUT2D eigenvalue weighted by atomic mass is 35.5. The predicted octanol–water partition coefficient (Wildman–Crippen LogP) is 3.59. The van der Waals surface area contributed by atoms with Crippen LogP contribution in [0.2, 0.25) is 0 Å². The minimum absolute atomic E-state index is 0.282. The lowest BCUT2D eigenvalue weighted by atomic mass is 10.1. The molecule has 0 atom stereocenters. The van der Waals surface area contributed by atoms with Gasteiger partial charge in [-0.05, 0) is 17.7 Å². The highest BCUT2D eigenvalue weighted by molar-refractivity contribution is 6.84. The number of hydrazone groups is 1. The van der Waals surface area contributed by atoms with Crippen LogP contribution in [0.1, 0.15) is 27.3 Å². The molecule has 0 fully saturated rings. The Bertz CT molecular complexity index is 904. The number of aromatic nitrogens is 2. The number of nitrogens with two attached hydrogens (primary N) is 1. The van der Waals surface area contributed by atoms with Gasteiger partial charge in [-0.15, -0.1) is 0 Å². The summed E-state index contributed by atoms with van der Waals surface area (Å²) in [6.45, 7) is 2.59. The molecule has 2 rings (SSSR count). The fraction of sp³-hybridized carbons (Fsp3) is 0.188. The van der Waals surface area contributed by atoms with Crippen LogP contribution in [0, 0.1) is 0 Å². The lowest BCUT2D eigenvalue weighted by molar-refractivity contribution is -0.141. The number of carbonyl (C=O) groups is 1. The Kier molecular flexibility index (Phi) is 5.89. The third kappa shape index (κ3) is 4.27. The molecule has 1 aromatic carbocycles. The monoisotopic (exact) mass is 404 g/mol. The van der Waals surface area contributed by atoms with Gasteiger partial charge in [0.15, 0.2) is 10.9 Å². The number of ether oxygens (including phenoxy) is 1. The van der Waals surface area contributed by atoms with Crippen LogP contribution in [0.25, 0.3) is 5.83 Å². The molecule has 0 saturated heterocycles. The number of hydrogen-bond acceptors (Lipinski definition) is 5. The van der Waals surface area contributed by atoms with Gasteiger partial charge in [-0.1, -0.05) is 30.3 Å². The van der Waals surface area contributed by atoms with Crippen LogP contribution >= 0.6 is 11.6 Å². The smallest absolute Gasteiger partial charge is 0.435 e. The molecule has 0 spiro atoms. The van der Waals surface area contributed by atoms with E-state index >= 15 is 0 Å². The summed E-state index contributed by atoms with van der Waals surface area (Å²) in [6.07, 6.45) is -5.03. The van der Waals surface area contributed by atoms with Gasteiger partial charge in [-0.2, -0.15) is 23.4 Å². The van der Waals surface area contributed by atoms with Gasteiger partial charge in [0.1, 0.15) is 17.3 Å². The number of nitrogens with zero attached hydrogens (tertiary/aromatic N) is 3. The van der Waals surface area contributed by atoms with Crippen molar-refractivity contribution >= 4 is 28.4 Å². The number of methoxy groups -OCH3 is 1. The van der Waals surface area contributed by atoms with E-state index in [0.717, 1.165) is 0 Å². The summed E-state index contributed by atoms with van der Waals surface area (Å²) in [5.41, 5.74) is -3.00. The molecule has 0 aliphatic rings. The normalized spacial score (nSPS) is 12.1.